The Morgan fingerprint density at radius 1 is 0.829 bits per heavy atom. The molecule has 0 amide bonds. The molecule has 0 saturated heterocycles. The van der Waals surface area contributed by atoms with Crippen molar-refractivity contribution in [2.45, 2.75) is 12.6 Å². The summed E-state index contributed by atoms with van der Waals surface area (Å²) in [6.45, 7) is 0. The van der Waals surface area contributed by atoms with Crippen molar-refractivity contribution in [2.24, 2.45) is 0 Å². The molecule has 0 aliphatic rings. The van der Waals surface area contributed by atoms with E-state index in [1.807, 2.05) is 12.1 Å². The summed E-state index contributed by atoms with van der Waals surface area (Å²) in [5.74, 6) is 2.33. The van der Waals surface area contributed by atoms with E-state index in [2.05, 4.69) is 15.3 Å². The summed E-state index contributed by atoms with van der Waals surface area (Å²) < 4.78 is 55.8. The quantitative estimate of drug-likeness (QED) is 0.186. The number of carbonyl (C=O) groups excluding carboxylic acids is 1. The third-order valence-electron chi connectivity index (χ3n) is 6.27. The van der Waals surface area contributed by atoms with Gasteiger partial charge in [0.15, 0.2) is 17.3 Å². The number of aromatic nitrogens is 2. The highest BCUT2D eigenvalue weighted by molar-refractivity contribution is 5.97. The predicted octanol–water partition coefficient (Wildman–Crippen LogP) is 7.63. The fraction of sp³-hybridized carbons (Fsp3) is 0.129. The number of hydrogen-bond acceptors (Lipinski definition) is 7. The molecule has 10 heteroatoms. The van der Waals surface area contributed by atoms with E-state index in [9.17, 15) is 18.0 Å². The van der Waals surface area contributed by atoms with Crippen LogP contribution in [0.25, 0.3) is 10.9 Å². The van der Waals surface area contributed by atoms with Crippen LogP contribution in [0.2, 0.25) is 0 Å². The Balaban J connectivity index is 1.27. The lowest BCUT2D eigenvalue weighted by Crippen LogP contribution is -2.09. The Labute approximate surface area is 233 Å². The van der Waals surface area contributed by atoms with Crippen molar-refractivity contribution in [3.8, 4) is 23.0 Å². The van der Waals surface area contributed by atoms with Crippen LogP contribution in [-0.4, -0.2) is 30.0 Å². The highest BCUT2D eigenvalue weighted by atomic mass is 19.4. The van der Waals surface area contributed by atoms with Gasteiger partial charge in [-0.05, 0) is 60.2 Å². The molecule has 0 fully saturated rings. The largest absolute Gasteiger partial charge is 0.493 e. The lowest BCUT2D eigenvalue weighted by atomic mass is 10.0. The summed E-state index contributed by atoms with van der Waals surface area (Å²) in [5, 5.41) is 4.03. The normalized spacial score (nSPS) is 11.2. The lowest BCUT2D eigenvalue weighted by Gasteiger charge is -2.13. The zero-order valence-corrected chi connectivity index (χ0v) is 22.0. The van der Waals surface area contributed by atoms with Gasteiger partial charge in [0.25, 0.3) is 0 Å². The molecule has 0 bridgehead atoms. The van der Waals surface area contributed by atoms with Gasteiger partial charge in [0.1, 0.15) is 23.6 Å². The standard InChI is InChI=1S/C31H24F3N3O4/c1-39-28-16-25-26(17-29(28)40-2)35-18-36-30(25)37-22-9-11-23(12-10-22)41-24-8-3-5-19(13-24)14-27(38)20-6-4-7-21(15-20)31(32,33)34/h3-13,15-18H,14H2,1-2H3,(H,35,36,37). The summed E-state index contributed by atoms with van der Waals surface area (Å²) in [4.78, 5) is 21.3. The molecule has 0 aliphatic carbocycles. The van der Waals surface area contributed by atoms with Crippen molar-refractivity contribution in [1.29, 1.82) is 0 Å². The van der Waals surface area contributed by atoms with Crippen LogP contribution in [0, 0.1) is 0 Å². The number of Topliss-reactive ketones (excluding diaryl/α,β-unsaturated/α-hetero) is 1. The van der Waals surface area contributed by atoms with Gasteiger partial charge in [0.05, 0.1) is 25.3 Å². The molecule has 0 saturated carbocycles. The van der Waals surface area contributed by atoms with E-state index in [1.54, 1.807) is 62.8 Å². The number of hydrogen-bond donors (Lipinski definition) is 1. The number of alkyl halides is 3. The zero-order chi connectivity index (χ0) is 29.0. The van der Waals surface area contributed by atoms with E-state index in [4.69, 9.17) is 14.2 Å². The number of fused-ring (bicyclic) bond motifs is 1. The van der Waals surface area contributed by atoms with E-state index in [0.29, 0.717) is 39.9 Å². The van der Waals surface area contributed by atoms with E-state index >= 15 is 0 Å². The van der Waals surface area contributed by atoms with Gasteiger partial charge < -0.3 is 19.5 Å². The number of nitrogens with one attached hydrogen (secondary N) is 1. The number of carbonyl (C=O) groups is 1. The number of nitrogens with zero attached hydrogens (tertiary/aromatic N) is 2. The van der Waals surface area contributed by atoms with Crippen LogP contribution >= 0.6 is 0 Å². The van der Waals surface area contributed by atoms with Crippen LogP contribution in [0.1, 0.15) is 21.5 Å². The molecule has 0 spiro atoms. The molecular formula is C31H24F3N3O4. The van der Waals surface area contributed by atoms with Crippen molar-refractivity contribution < 1.29 is 32.2 Å². The monoisotopic (exact) mass is 559 g/mol. The van der Waals surface area contributed by atoms with Crippen LogP contribution in [0.5, 0.6) is 23.0 Å². The second kappa shape index (κ2) is 11.5. The molecule has 0 aliphatic heterocycles. The second-order valence-corrected chi connectivity index (χ2v) is 9.02. The number of ether oxygens (including phenoxy) is 3. The summed E-state index contributed by atoms with van der Waals surface area (Å²) in [7, 11) is 3.12. The van der Waals surface area contributed by atoms with E-state index in [0.717, 1.165) is 23.2 Å². The van der Waals surface area contributed by atoms with Crippen LogP contribution in [-0.2, 0) is 12.6 Å². The number of ketones is 1. The molecule has 1 N–H and O–H groups in total. The van der Waals surface area contributed by atoms with Crippen LogP contribution in [0.3, 0.4) is 0 Å². The fourth-order valence-corrected chi connectivity index (χ4v) is 4.24. The molecule has 41 heavy (non-hydrogen) atoms. The van der Waals surface area contributed by atoms with Crippen LogP contribution in [0.4, 0.5) is 24.7 Å². The molecule has 0 radical (unpaired) electrons. The van der Waals surface area contributed by atoms with Gasteiger partial charge in [-0.25, -0.2) is 9.97 Å². The first-order chi connectivity index (χ1) is 19.7. The van der Waals surface area contributed by atoms with Crippen molar-refractivity contribution in [1.82, 2.24) is 9.97 Å². The minimum absolute atomic E-state index is 0.00304. The second-order valence-electron chi connectivity index (χ2n) is 9.02. The Kier molecular flexibility index (Phi) is 7.73. The molecule has 1 heterocycles. The van der Waals surface area contributed by atoms with E-state index in [1.165, 1.54) is 18.5 Å². The maximum Gasteiger partial charge on any atom is 0.416 e. The first kappa shape index (κ1) is 27.4. The number of methoxy groups -OCH3 is 2. The number of halogens is 3. The van der Waals surface area contributed by atoms with Gasteiger partial charge in [-0.3, -0.25) is 4.79 Å². The summed E-state index contributed by atoms with van der Waals surface area (Å²) in [6, 6.07) is 22.1. The molecule has 5 aromatic rings. The van der Waals surface area contributed by atoms with Crippen molar-refractivity contribution in [3.05, 3.63) is 108 Å². The van der Waals surface area contributed by atoms with Gasteiger partial charge in [-0.1, -0.05) is 24.3 Å². The summed E-state index contributed by atoms with van der Waals surface area (Å²) >= 11 is 0. The molecule has 5 rings (SSSR count). The zero-order valence-electron chi connectivity index (χ0n) is 22.0. The summed E-state index contributed by atoms with van der Waals surface area (Å²) in [5.41, 5.74) is 1.21. The molecule has 7 nitrogen and oxygen atoms in total. The van der Waals surface area contributed by atoms with E-state index in [-0.39, 0.29) is 12.0 Å². The lowest BCUT2D eigenvalue weighted by molar-refractivity contribution is -0.137. The van der Waals surface area contributed by atoms with Crippen LogP contribution in [0.15, 0.2) is 91.3 Å². The topological polar surface area (TPSA) is 82.6 Å². The van der Waals surface area contributed by atoms with E-state index < -0.39 is 17.5 Å². The average molecular weight is 560 g/mol. The van der Waals surface area contributed by atoms with Gasteiger partial charge >= 0.3 is 6.18 Å². The fourth-order valence-electron chi connectivity index (χ4n) is 4.24. The maximum absolute atomic E-state index is 13.0. The minimum atomic E-state index is -4.51. The molecule has 0 unspecified atom stereocenters. The smallest absolute Gasteiger partial charge is 0.416 e. The van der Waals surface area contributed by atoms with Gasteiger partial charge in [-0.2, -0.15) is 13.2 Å². The Hall–Kier alpha value is -5.12. The molecule has 4 aromatic carbocycles. The molecule has 0 atom stereocenters. The molecule has 208 valence electrons. The van der Waals surface area contributed by atoms with Crippen molar-refractivity contribution in [3.63, 3.8) is 0 Å². The third kappa shape index (κ3) is 6.38. The average Bonchev–Trinajstić information content (AvgIpc) is 2.97. The first-order valence-corrected chi connectivity index (χ1v) is 12.4. The van der Waals surface area contributed by atoms with Crippen molar-refractivity contribution >= 4 is 28.2 Å². The molecule has 1 aromatic heterocycles. The van der Waals surface area contributed by atoms with Gasteiger partial charge in [0.2, 0.25) is 0 Å². The summed E-state index contributed by atoms with van der Waals surface area (Å²) in [6.07, 6.45) is -3.12. The predicted molar refractivity (Wildman–Crippen MR) is 148 cm³/mol. The van der Waals surface area contributed by atoms with Crippen molar-refractivity contribution in [2.75, 3.05) is 19.5 Å². The Bertz CT molecular complexity index is 1710. The molecular weight excluding hydrogens is 535 g/mol. The van der Waals surface area contributed by atoms with Gasteiger partial charge in [0, 0.05) is 29.1 Å². The Morgan fingerprint density at radius 2 is 1.56 bits per heavy atom. The van der Waals surface area contributed by atoms with Gasteiger partial charge in [-0.15, -0.1) is 0 Å². The highest BCUT2D eigenvalue weighted by Crippen LogP contribution is 2.35. The maximum atomic E-state index is 13.0. The van der Waals surface area contributed by atoms with Crippen LogP contribution < -0.4 is 19.5 Å². The SMILES string of the molecule is COc1cc2ncnc(Nc3ccc(Oc4cccc(CC(=O)c5cccc(C(F)(F)F)c5)c4)cc3)c2cc1OC. The number of anilines is 2. The Morgan fingerprint density at radius 3 is 2.29 bits per heavy atom. The minimum Gasteiger partial charge on any atom is -0.493 e. The third-order valence-corrected chi connectivity index (χ3v) is 6.27. The number of benzene rings is 4. The number of rotatable bonds is 9. The first-order valence-electron chi connectivity index (χ1n) is 12.4. The highest BCUT2D eigenvalue weighted by Gasteiger charge is 2.30.